The van der Waals surface area contributed by atoms with Gasteiger partial charge in [-0.25, -0.2) is 4.39 Å². The molecule has 134 valence electrons. The summed E-state index contributed by atoms with van der Waals surface area (Å²) in [5.41, 5.74) is 2.78. The van der Waals surface area contributed by atoms with Crippen molar-refractivity contribution in [2.24, 2.45) is 0 Å². The summed E-state index contributed by atoms with van der Waals surface area (Å²) in [6, 6.07) is 4.53. The molecule has 0 aromatic heterocycles. The zero-order chi connectivity index (χ0) is 18.3. The molecule has 0 fully saturated rings. The second-order valence-electron chi connectivity index (χ2n) is 5.47. The monoisotopic (exact) mass is 341 g/mol. The van der Waals surface area contributed by atoms with Crippen LogP contribution in [0, 0.1) is 11.2 Å². The number of ether oxygens (including phenoxy) is 2. The molecule has 0 radical (unpaired) electrons. The first kappa shape index (κ1) is 19.9. The average Bonchev–Trinajstić information content (AvgIpc) is 2.52. The molecule has 0 saturated heterocycles. The molecule has 1 atom stereocenters. The highest BCUT2D eigenvalue weighted by atomic mass is 19.1. The van der Waals surface area contributed by atoms with Crippen LogP contribution in [0.3, 0.4) is 0 Å². The van der Waals surface area contributed by atoms with E-state index in [4.69, 9.17) is 20.1 Å². The topological polar surface area (TPSA) is 107 Å². The third-order valence-corrected chi connectivity index (χ3v) is 3.20. The van der Waals surface area contributed by atoms with Gasteiger partial charge in [-0.15, -0.1) is 5.48 Å². The SMILES string of the molecule is COc1ccc(C/C(C(=N)OC(O)NO)=C(\C)NC(C)C)c(F)c1. The van der Waals surface area contributed by atoms with Gasteiger partial charge in [0, 0.05) is 29.8 Å². The van der Waals surface area contributed by atoms with Crippen LogP contribution < -0.4 is 15.5 Å². The van der Waals surface area contributed by atoms with E-state index in [9.17, 15) is 9.50 Å². The Balaban J connectivity index is 3.12. The van der Waals surface area contributed by atoms with Gasteiger partial charge in [0.25, 0.3) is 6.41 Å². The van der Waals surface area contributed by atoms with Crippen molar-refractivity contribution in [3.05, 3.63) is 40.8 Å². The molecule has 0 bridgehead atoms. The lowest BCUT2D eigenvalue weighted by molar-refractivity contribution is -0.127. The van der Waals surface area contributed by atoms with Crippen molar-refractivity contribution >= 4 is 5.90 Å². The van der Waals surface area contributed by atoms with Gasteiger partial charge in [0.1, 0.15) is 11.6 Å². The number of halogens is 1. The van der Waals surface area contributed by atoms with Gasteiger partial charge in [0.15, 0.2) is 0 Å². The summed E-state index contributed by atoms with van der Waals surface area (Å²) < 4.78 is 24.0. The predicted octanol–water partition coefficient (Wildman–Crippen LogP) is 1.90. The summed E-state index contributed by atoms with van der Waals surface area (Å²) in [5, 5.41) is 29.0. The molecule has 7 nitrogen and oxygen atoms in total. The number of aliphatic hydroxyl groups excluding tert-OH is 1. The van der Waals surface area contributed by atoms with E-state index < -0.39 is 12.2 Å². The molecule has 1 aromatic rings. The Morgan fingerprint density at radius 3 is 2.54 bits per heavy atom. The number of hydrogen-bond donors (Lipinski definition) is 5. The van der Waals surface area contributed by atoms with Gasteiger partial charge in [-0.2, -0.15) is 0 Å². The Morgan fingerprint density at radius 1 is 1.38 bits per heavy atom. The fourth-order valence-corrected chi connectivity index (χ4v) is 2.10. The lowest BCUT2D eigenvalue weighted by atomic mass is 10.0. The highest BCUT2D eigenvalue weighted by molar-refractivity contribution is 5.92. The first-order chi connectivity index (χ1) is 11.3. The van der Waals surface area contributed by atoms with E-state index in [1.807, 2.05) is 13.8 Å². The smallest absolute Gasteiger partial charge is 0.280 e. The first-order valence-electron chi connectivity index (χ1n) is 7.40. The maximum Gasteiger partial charge on any atom is 0.280 e. The molecule has 0 spiro atoms. The van der Waals surface area contributed by atoms with Crippen LogP contribution in [0.2, 0.25) is 0 Å². The average molecular weight is 341 g/mol. The number of hydroxylamine groups is 1. The maximum absolute atomic E-state index is 14.2. The van der Waals surface area contributed by atoms with Crippen molar-refractivity contribution in [1.29, 1.82) is 5.41 Å². The molecule has 0 aliphatic heterocycles. The molecule has 24 heavy (non-hydrogen) atoms. The van der Waals surface area contributed by atoms with Gasteiger partial charge in [-0.05, 0) is 32.4 Å². The van der Waals surface area contributed by atoms with E-state index in [-0.39, 0.29) is 18.4 Å². The predicted molar refractivity (Wildman–Crippen MR) is 87.4 cm³/mol. The molecule has 0 amide bonds. The standard InChI is InChI=1S/C16H24FN3O4/c1-9(2)19-10(3)13(15(18)24-16(21)20-22)7-11-5-6-12(23-4)8-14(11)17/h5-6,8-9,16,18-22H,7H2,1-4H3/b13-10-,18-15?. The minimum atomic E-state index is -1.75. The van der Waals surface area contributed by atoms with Crippen molar-refractivity contribution in [3.8, 4) is 5.75 Å². The van der Waals surface area contributed by atoms with Gasteiger partial charge in [-0.1, -0.05) is 6.07 Å². The van der Waals surface area contributed by atoms with E-state index in [2.05, 4.69) is 5.32 Å². The van der Waals surface area contributed by atoms with Crippen LogP contribution in [0.1, 0.15) is 26.3 Å². The number of methoxy groups -OCH3 is 1. The highest BCUT2D eigenvalue weighted by Gasteiger charge is 2.18. The van der Waals surface area contributed by atoms with Gasteiger partial charge in [-0.3, -0.25) is 5.41 Å². The van der Waals surface area contributed by atoms with E-state index in [1.165, 1.54) is 18.7 Å². The van der Waals surface area contributed by atoms with Crippen molar-refractivity contribution in [3.63, 3.8) is 0 Å². The number of rotatable bonds is 8. The molecule has 0 heterocycles. The van der Waals surface area contributed by atoms with Crippen LogP contribution in [0.25, 0.3) is 0 Å². The van der Waals surface area contributed by atoms with Crippen LogP contribution in [0.4, 0.5) is 4.39 Å². The minimum Gasteiger partial charge on any atom is -0.497 e. The Hall–Kier alpha value is -2.16. The normalized spacial score (nSPS) is 13.3. The molecule has 0 aliphatic rings. The summed E-state index contributed by atoms with van der Waals surface area (Å²) in [5.74, 6) is -0.465. The number of allylic oxidation sites excluding steroid dienone is 1. The van der Waals surface area contributed by atoms with Crippen LogP contribution in [-0.2, 0) is 11.2 Å². The van der Waals surface area contributed by atoms with Gasteiger partial charge in [0.05, 0.1) is 7.11 Å². The molecule has 0 saturated carbocycles. The maximum atomic E-state index is 14.2. The van der Waals surface area contributed by atoms with Gasteiger partial charge < -0.3 is 25.1 Å². The molecular weight excluding hydrogens is 317 g/mol. The largest absolute Gasteiger partial charge is 0.497 e. The fraction of sp³-hybridized carbons (Fsp3) is 0.438. The van der Waals surface area contributed by atoms with Crippen molar-refractivity contribution in [2.75, 3.05) is 7.11 Å². The number of aliphatic hydroxyl groups is 1. The van der Waals surface area contributed by atoms with Crippen LogP contribution in [0.5, 0.6) is 5.75 Å². The summed E-state index contributed by atoms with van der Waals surface area (Å²) in [4.78, 5) is 0. The van der Waals surface area contributed by atoms with Crippen molar-refractivity contribution < 1.29 is 24.2 Å². The van der Waals surface area contributed by atoms with Gasteiger partial charge in [0.2, 0.25) is 5.90 Å². The van der Waals surface area contributed by atoms with Crippen molar-refractivity contribution in [2.45, 2.75) is 39.6 Å². The lowest BCUT2D eigenvalue weighted by Gasteiger charge is -2.19. The second kappa shape index (κ2) is 9.21. The number of nitrogens with one attached hydrogen (secondary N) is 3. The zero-order valence-corrected chi connectivity index (χ0v) is 14.2. The quantitative estimate of drug-likeness (QED) is 0.214. The summed E-state index contributed by atoms with van der Waals surface area (Å²) >= 11 is 0. The third kappa shape index (κ3) is 5.80. The zero-order valence-electron chi connectivity index (χ0n) is 14.2. The molecule has 1 unspecified atom stereocenters. The minimum absolute atomic E-state index is 0.0678. The third-order valence-electron chi connectivity index (χ3n) is 3.20. The second-order valence-corrected chi connectivity index (χ2v) is 5.47. The Kier molecular flexibility index (Phi) is 7.63. The Morgan fingerprint density at radius 2 is 2.04 bits per heavy atom. The van der Waals surface area contributed by atoms with Gasteiger partial charge >= 0.3 is 0 Å². The van der Waals surface area contributed by atoms with E-state index in [0.29, 0.717) is 22.6 Å². The van der Waals surface area contributed by atoms with Crippen LogP contribution in [-0.4, -0.2) is 35.8 Å². The molecular formula is C16H24FN3O4. The van der Waals surface area contributed by atoms with E-state index in [0.717, 1.165) is 0 Å². The molecule has 1 aromatic carbocycles. The molecule has 5 N–H and O–H groups in total. The van der Waals surface area contributed by atoms with Crippen LogP contribution >= 0.6 is 0 Å². The van der Waals surface area contributed by atoms with Crippen LogP contribution in [0.15, 0.2) is 29.5 Å². The summed E-state index contributed by atoms with van der Waals surface area (Å²) in [6.45, 7) is 5.57. The van der Waals surface area contributed by atoms with Crippen molar-refractivity contribution in [1.82, 2.24) is 10.8 Å². The highest BCUT2D eigenvalue weighted by Crippen LogP contribution is 2.21. The molecule has 8 heteroatoms. The molecule has 1 rings (SSSR count). The number of hydrogen-bond acceptors (Lipinski definition) is 7. The van der Waals surface area contributed by atoms with E-state index in [1.54, 1.807) is 19.1 Å². The lowest BCUT2D eigenvalue weighted by Crippen LogP contribution is -2.33. The summed E-state index contributed by atoms with van der Waals surface area (Å²) in [7, 11) is 1.45. The Bertz CT molecular complexity index is 605. The fourth-order valence-electron chi connectivity index (χ4n) is 2.10. The first-order valence-corrected chi connectivity index (χ1v) is 7.40. The summed E-state index contributed by atoms with van der Waals surface area (Å²) in [6.07, 6.45) is -1.68. The Labute approximate surface area is 140 Å². The van der Waals surface area contributed by atoms with E-state index >= 15 is 0 Å². The number of benzene rings is 1. The molecule has 0 aliphatic carbocycles.